The maximum atomic E-state index is 13.1. The topological polar surface area (TPSA) is 30.2 Å². The number of rotatable bonds is 3. The number of amides is 1. The molecule has 0 spiro atoms. The van der Waals surface area contributed by atoms with Crippen molar-refractivity contribution in [1.82, 2.24) is 9.24 Å². The second-order valence-corrected chi connectivity index (χ2v) is 7.98. The minimum absolute atomic E-state index is 0.0734. The molecule has 0 atom stereocenters. The van der Waals surface area contributed by atoms with Crippen LogP contribution in [0, 0.1) is 13.8 Å². The predicted octanol–water partition coefficient (Wildman–Crippen LogP) is 4.62. The molecule has 0 saturated carbocycles. The molecule has 1 amide bonds. The highest BCUT2D eigenvalue weighted by Crippen LogP contribution is 2.34. The normalized spacial score (nSPS) is 16.4. The van der Waals surface area contributed by atoms with Crippen LogP contribution in [0.15, 0.2) is 47.5 Å². The maximum absolute atomic E-state index is 13.1. The Bertz CT molecular complexity index is 1050. The molecule has 132 valence electrons. The number of hydrogen-bond acceptors (Lipinski definition) is 3. The lowest BCUT2D eigenvalue weighted by Gasteiger charge is -2.20. The number of fused-ring (bicyclic) bond motifs is 1. The molecule has 4 nitrogen and oxygen atoms in total. The van der Waals surface area contributed by atoms with Crippen molar-refractivity contribution in [3.8, 4) is 0 Å². The summed E-state index contributed by atoms with van der Waals surface area (Å²) < 4.78 is 4.64. The molecular formula is C20H19N3OS2. The van der Waals surface area contributed by atoms with Gasteiger partial charge in [-0.2, -0.15) is 5.01 Å². The molecule has 1 aliphatic heterocycles. The fourth-order valence-corrected chi connectivity index (χ4v) is 4.63. The summed E-state index contributed by atoms with van der Waals surface area (Å²) in [6.45, 7) is 6.96. The molecule has 0 aliphatic carbocycles. The van der Waals surface area contributed by atoms with Crippen molar-refractivity contribution in [3.05, 3.63) is 64.5 Å². The van der Waals surface area contributed by atoms with Gasteiger partial charge in [-0.15, -0.1) is 0 Å². The van der Waals surface area contributed by atoms with E-state index < -0.39 is 0 Å². The Morgan fingerprint density at radius 2 is 1.81 bits per heavy atom. The zero-order valence-electron chi connectivity index (χ0n) is 14.9. The Kier molecular flexibility index (Phi) is 4.25. The predicted molar refractivity (Wildman–Crippen MR) is 113 cm³/mol. The summed E-state index contributed by atoms with van der Waals surface area (Å²) in [7, 11) is 0. The van der Waals surface area contributed by atoms with Crippen LogP contribution in [0.5, 0.6) is 0 Å². The lowest BCUT2D eigenvalue weighted by Crippen LogP contribution is -2.39. The fourth-order valence-electron chi connectivity index (χ4n) is 3.40. The fraction of sp³-hybridized carbons (Fsp3) is 0.200. The number of carbonyl (C=O) groups excluding carboxylic acids is 1. The Balaban J connectivity index is 1.78. The Hall–Kier alpha value is -2.31. The first-order valence-electron chi connectivity index (χ1n) is 8.52. The molecule has 2 aromatic heterocycles. The molecule has 6 heteroatoms. The van der Waals surface area contributed by atoms with Crippen LogP contribution in [0.1, 0.15) is 23.9 Å². The molecule has 0 radical (unpaired) electrons. The van der Waals surface area contributed by atoms with Gasteiger partial charge in [0.2, 0.25) is 0 Å². The smallest absolute Gasteiger partial charge is 0.285 e. The van der Waals surface area contributed by atoms with Gasteiger partial charge < -0.3 is 4.57 Å². The minimum atomic E-state index is -0.0734. The Labute approximate surface area is 162 Å². The molecule has 0 N–H and O–H groups in total. The van der Waals surface area contributed by atoms with Crippen LogP contribution in [0.4, 0.5) is 0 Å². The average Bonchev–Trinajstić information content (AvgIpc) is 3.24. The van der Waals surface area contributed by atoms with E-state index in [2.05, 4.69) is 29.8 Å². The third-order valence-electron chi connectivity index (χ3n) is 4.65. The van der Waals surface area contributed by atoms with Crippen LogP contribution in [-0.4, -0.2) is 19.5 Å². The Morgan fingerprint density at radius 1 is 1.12 bits per heavy atom. The Morgan fingerprint density at radius 3 is 2.50 bits per heavy atom. The number of para-hydroxylation sites is 1. The first-order valence-corrected chi connectivity index (χ1v) is 9.74. The summed E-state index contributed by atoms with van der Waals surface area (Å²) in [5, 5.41) is 2.74. The van der Waals surface area contributed by atoms with Gasteiger partial charge in [-0.3, -0.25) is 9.47 Å². The van der Waals surface area contributed by atoms with Gasteiger partial charge >= 0.3 is 0 Å². The van der Waals surface area contributed by atoms with Gasteiger partial charge in [-0.1, -0.05) is 30.0 Å². The number of benzene rings is 1. The number of hydrogen-bond donors (Lipinski definition) is 0. The van der Waals surface area contributed by atoms with Gasteiger partial charge in [0.25, 0.3) is 5.91 Å². The molecule has 1 fully saturated rings. The second kappa shape index (κ2) is 6.45. The number of aryl methyl sites for hydroxylation is 3. The lowest BCUT2D eigenvalue weighted by atomic mass is 10.1. The zero-order valence-corrected chi connectivity index (χ0v) is 16.5. The summed E-state index contributed by atoms with van der Waals surface area (Å²) in [5.74, 6) is -0.0734. The van der Waals surface area contributed by atoms with Gasteiger partial charge in [0.1, 0.15) is 0 Å². The van der Waals surface area contributed by atoms with E-state index in [0.29, 0.717) is 9.23 Å². The molecule has 1 aliphatic rings. The van der Waals surface area contributed by atoms with Crippen molar-refractivity contribution in [1.29, 1.82) is 0 Å². The number of aromatic nitrogens is 2. The first kappa shape index (κ1) is 17.1. The summed E-state index contributed by atoms with van der Waals surface area (Å²) in [4.78, 5) is 13.7. The number of thiocarbonyl (C=S) groups is 1. The third-order valence-corrected chi connectivity index (χ3v) is 5.94. The summed E-state index contributed by atoms with van der Waals surface area (Å²) in [6, 6.07) is 12.2. The number of nitrogens with zero attached hydrogens (tertiary/aromatic N) is 3. The van der Waals surface area contributed by atoms with E-state index in [1.54, 1.807) is 5.01 Å². The highest BCUT2D eigenvalue weighted by Gasteiger charge is 2.34. The van der Waals surface area contributed by atoms with Crippen molar-refractivity contribution < 1.29 is 4.79 Å². The lowest BCUT2D eigenvalue weighted by molar-refractivity contribution is -0.114. The van der Waals surface area contributed by atoms with Crippen LogP contribution in [0.25, 0.3) is 17.0 Å². The van der Waals surface area contributed by atoms with Crippen molar-refractivity contribution >= 4 is 51.2 Å². The van der Waals surface area contributed by atoms with E-state index in [4.69, 9.17) is 12.2 Å². The van der Waals surface area contributed by atoms with Crippen LogP contribution < -0.4 is 5.01 Å². The van der Waals surface area contributed by atoms with Gasteiger partial charge in [-0.25, -0.2) is 0 Å². The van der Waals surface area contributed by atoms with Crippen LogP contribution in [0.3, 0.4) is 0 Å². The largest absolute Gasteiger partial charge is 0.347 e. The highest BCUT2D eigenvalue weighted by molar-refractivity contribution is 8.27. The quantitative estimate of drug-likeness (QED) is 0.490. The van der Waals surface area contributed by atoms with Gasteiger partial charge in [-0.05, 0) is 57.3 Å². The average molecular weight is 382 g/mol. The van der Waals surface area contributed by atoms with Gasteiger partial charge in [0, 0.05) is 40.6 Å². The molecule has 3 aromatic rings. The van der Waals surface area contributed by atoms with E-state index in [9.17, 15) is 4.79 Å². The SMILES string of the molecule is CCn1cc(/C=C2\SC(=S)N(n3c(C)ccc3C)C2=O)c2ccccc21. The number of thioether (sulfide) groups is 1. The molecule has 1 saturated heterocycles. The number of carbonyl (C=O) groups is 1. The van der Waals surface area contributed by atoms with Crippen molar-refractivity contribution in [2.45, 2.75) is 27.3 Å². The maximum Gasteiger partial charge on any atom is 0.285 e. The minimum Gasteiger partial charge on any atom is -0.347 e. The van der Waals surface area contributed by atoms with E-state index in [-0.39, 0.29) is 5.91 Å². The molecule has 0 unspecified atom stereocenters. The van der Waals surface area contributed by atoms with E-state index in [0.717, 1.165) is 28.9 Å². The monoisotopic (exact) mass is 381 g/mol. The van der Waals surface area contributed by atoms with Crippen molar-refractivity contribution in [2.24, 2.45) is 0 Å². The van der Waals surface area contributed by atoms with E-state index in [1.165, 1.54) is 17.3 Å². The highest BCUT2D eigenvalue weighted by atomic mass is 32.2. The zero-order chi connectivity index (χ0) is 18.4. The molecule has 26 heavy (non-hydrogen) atoms. The standard InChI is InChI=1S/C20H19N3OS2/c1-4-21-12-15(16-7-5-6-8-17(16)21)11-18-19(24)23(20(25)26-18)22-13(2)9-10-14(22)3/h5-12H,4H2,1-3H3/b18-11-. The van der Waals surface area contributed by atoms with Crippen molar-refractivity contribution in [3.63, 3.8) is 0 Å². The summed E-state index contributed by atoms with van der Waals surface area (Å²) in [5.41, 5.74) is 4.20. The van der Waals surface area contributed by atoms with Crippen LogP contribution in [0.2, 0.25) is 0 Å². The third kappa shape index (κ3) is 2.61. The molecule has 1 aromatic carbocycles. The molecular weight excluding hydrogens is 362 g/mol. The van der Waals surface area contributed by atoms with Gasteiger partial charge in [0.05, 0.1) is 4.91 Å². The summed E-state index contributed by atoms with van der Waals surface area (Å²) >= 11 is 6.86. The first-order chi connectivity index (χ1) is 12.5. The molecule has 4 rings (SSSR count). The van der Waals surface area contributed by atoms with E-state index in [1.807, 2.05) is 48.9 Å². The van der Waals surface area contributed by atoms with Gasteiger partial charge in [0.15, 0.2) is 4.32 Å². The van der Waals surface area contributed by atoms with Crippen LogP contribution in [-0.2, 0) is 11.3 Å². The van der Waals surface area contributed by atoms with Crippen molar-refractivity contribution in [2.75, 3.05) is 5.01 Å². The second-order valence-electron chi connectivity index (χ2n) is 6.31. The molecule has 0 bridgehead atoms. The molecule has 3 heterocycles. The van der Waals surface area contributed by atoms with E-state index >= 15 is 0 Å². The van der Waals surface area contributed by atoms with Crippen LogP contribution >= 0.6 is 24.0 Å². The summed E-state index contributed by atoms with van der Waals surface area (Å²) in [6.07, 6.45) is 4.06.